The third-order valence-electron chi connectivity index (χ3n) is 4.25. The van der Waals surface area contributed by atoms with Crippen LogP contribution < -0.4 is 10.7 Å². The Bertz CT molecular complexity index is 705. The zero-order chi connectivity index (χ0) is 18.2. The number of nitrogens with one attached hydrogen (secondary N) is 2. The highest BCUT2D eigenvalue weighted by atomic mass is 16.2. The lowest BCUT2D eigenvalue weighted by atomic mass is 9.85. The van der Waals surface area contributed by atoms with Gasteiger partial charge < -0.3 is 5.32 Å². The van der Waals surface area contributed by atoms with Crippen LogP contribution in [0.2, 0.25) is 0 Å². The van der Waals surface area contributed by atoms with E-state index >= 15 is 0 Å². The number of carbonyl (C=O) groups is 2. The van der Waals surface area contributed by atoms with Crippen molar-refractivity contribution in [2.75, 3.05) is 5.32 Å². The van der Waals surface area contributed by atoms with Gasteiger partial charge >= 0.3 is 0 Å². The summed E-state index contributed by atoms with van der Waals surface area (Å²) in [6.45, 7) is 8.01. The molecule has 1 aromatic carbocycles. The molecule has 1 aliphatic carbocycles. The first kappa shape index (κ1) is 18.6. The van der Waals surface area contributed by atoms with Crippen LogP contribution in [0.1, 0.15) is 39.5 Å². The molecule has 25 heavy (non-hydrogen) atoms. The van der Waals surface area contributed by atoms with Gasteiger partial charge in [-0.05, 0) is 50.3 Å². The maximum atomic E-state index is 11.9. The molecule has 0 aliphatic heterocycles. The van der Waals surface area contributed by atoms with Gasteiger partial charge in [-0.1, -0.05) is 36.4 Å². The lowest BCUT2D eigenvalue weighted by Crippen LogP contribution is -2.24. The zero-order valence-corrected chi connectivity index (χ0v) is 14.8. The number of benzene rings is 1. The first-order valence-corrected chi connectivity index (χ1v) is 8.48. The van der Waals surface area contributed by atoms with E-state index in [-0.39, 0.29) is 24.7 Å². The number of anilines is 1. The molecular weight excluding hydrogens is 314 g/mol. The molecule has 0 fully saturated rings. The third kappa shape index (κ3) is 6.03. The Morgan fingerprint density at radius 1 is 1.20 bits per heavy atom. The molecular formula is C20H25N3O2. The van der Waals surface area contributed by atoms with Gasteiger partial charge in [-0.15, -0.1) is 0 Å². The molecule has 5 heteroatoms. The van der Waals surface area contributed by atoms with E-state index < -0.39 is 0 Å². The second kappa shape index (κ2) is 8.97. The highest BCUT2D eigenvalue weighted by Gasteiger charge is 2.18. The topological polar surface area (TPSA) is 70.6 Å². The molecule has 2 rings (SSSR count). The molecule has 0 aromatic heterocycles. The standard InChI is InChI=1S/C20H25N3O2/c1-14(2)16-10-9-15(3)18(13-16)22-23-20(25)12-11-19(24)21-17-7-5-4-6-8-17/h4-9,16H,1,10-13H2,2-3H3,(H,21,24)(H,23,25)/b22-18-/t16-/m1/s1. The van der Waals surface area contributed by atoms with E-state index in [2.05, 4.69) is 28.5 Å². The summed E-state index contributed by atoms with van der Waals surface area (Å²) < 4.78 is 0. The van der Waals surface area contributed by atoms with Crippen molar-refractivity contribution in [3.8, 4) is 0 Å². The molecule has 0 unspecified atom stereocenters. The first-order chi connectivity index (χ1) is 12.0. The summed E-state index contributed by atoms with van der Waals surface area (Å²) in [7, 11) is 0. The summed E-state index contributed by atoms with van der Waals surface area (Å²) in [4.78, 5) is 23.8. The van der Waals surface area contributed by atoms with Crippen LogP contribution in [-0.4, -0.2) is 17.5 Å². The SMILES string of the molecule is C=C(C)[C@@H]1CC=C(C)/C(=N\NC(=O)CCC(=O)Nc2ccccc2)C1. The van der Waals surface area contributed by atoms with Crippen molar-refractivity contribution >= 4 is 23.2 Å². The lowest BCUT2D eigenvalue weighted by molar-refractivity contribution is -0.124. The third-order valence-corrected chi connectivity index (χ3v) is 4.25. The Kier molecular flexibility index (Phi) is 6.69. The van der Waals surface area contributed by atoms with Crippen molar-refractivity contribution in [1.29, 1.82) is 0 Å². The van der Waals surface area contributed by atoms with Crippen molar-refractivity contribution in [2.24, 2.45) is 11.0 Å². The van der Waals surface area contributed by atoms with E-state index in [0.717, 1.165) is 35.4 Å². The van der Waals surface area contributed by atoms with Gasteiger partial charge in [-0.3, -0.25) is 9.59 Å². The summed E-state index contributed by atoms with van der Waals surface area (Å²) in [5, 5.41) is 6.99. The van der Waals surface area contributed by atoms with Crippen LogP contribution in [0.5, 0.6) is 0 Å². The summed E-state index contributed by atoms with van der Waals surface area (Å²) >= 11 is 0. The van der Waals surface area contributed by atoms with E-state index in [9.17, 15) is 9.59 Å². The van der Waals surface area contributed by atoms with Gasteiger partial charge in [0.15, 0.2) is 0 Å². The molecule has 1 aliphatic rings. The minimum Gasteiger partial charge on any atom is -0.326 e. The number of rotatable bonds is 6. The zero-order valence-electron chi connectivity index (χ0n) is 14.8. The Labute approximate surface area is 148 Å². The number of hydrogen-bond acceptors (Lipinski definition) is 3. The molecule has 0 heterocycles. The van der Waals surface area contributed by atoms with Gasteiger partial charge in [0, 0.05) is 18.5 Å². The van der Waals surface area contributed by atoms with Crippen molar-refractivity contribution in [3.05, 3.63) is 54.1 Å². The molecule has 1 atom stereocenters. The molecule has 5 nitrogen and oxygen atoms in total. The fourth-order valence-electron chi connectivity index (χ4n) is 2.58. The molecule has 2 amide bonds. The van der Waals surface area contributed by atoms with E-state index in [1.54, 1.807) is 12.1 Å². The maximum absolute atomic E-state index is 11.9. The molecule has 0 radical (unpaired) electrons. The van der Waals surface area contributed by atoms with Crippen LogP contribution in [0.15, 0.2) is 59.2 Å². The summed E-state index contributed by atoms with van der Waals surface area (Å²) in [5.41, 5.74) is 6.37. The molecule has 132 valence electrons. The van der Waals surface area contributed by atoms with Crippen molar-refractivity contribution < 1.29 is 9.59 Å². The first-order valence-electron chi connectivity index (χ1n) is 8.48. The summed E-state index contributed by atoms with van der Waals surface area (Å²) in [6, 6.07) is 9.18. The molecule has 1 aromatic rings. The minimum absolute atomic E-state index is 0.0993. The largest absolute Gasteiger partial charge is 0.326 e. The number of hydrazone groups is 1. The molecule has 0 bridgehead atoms. The van der Waals surface area contributed by atoms with Gasteiger partial charge in [0.05, 0.1) is 5.71 Å². The monoisotopic (exact) mass is 339 g/mol. The molecule has 0 saturated carbocycles. The van der Waals surface area contributed by atoms with Crippen LogP contribution in [-0.2, 0) is 9.59 Å². The second-order valence-corrected chi connectivity index (χ2v) is 6.38. The second-order valence-electron chi connectivity index (χ2n) is 6.38. The van der Waals surface area contributed by atoms with Gasteiger partial charge in [-0.2, -0.15) is 5.10 Å². The van der Waals surface area contributed by atoms with Crippen LogP contribution in [0.3, 0.4) is 0 Å². The highest BCUT2D eigenvalue weighted by Crippen LogP contribution is 2.26. The Morgan fingerprint density at radius 3 is 2.56 bits per heavy atom. The van der Waals surface area contributed by atoms with Crippen LogP contribution >= 0.6 is 0 Å². The average Bonchev–Trinajstić information content (AvgIpc) is 2.60. The van der Waals surface area contributed by atoms with Crippen molar-refractivity contribution in [1.82, 2.24) is 5.43 Å². The molecule has 0 spiro atoms. The van der Waals surface area contributed by atoms with Crippen LogP contribution in [0, 0.1) is 5.92 Å². The summed E-state index contributed by atoms with van der Waals surface area (Å²) in [6.07, 6.45) is 4.10. The fraction of sp³-hybridized carbons (Fsp3) is 0.350. The van der Waals surface area contributed by atoms with Gasteiger partial charge in [-0.25, -0.2) is 5.43 Å². The molecule has 0 saturated heterocycles. The summed E-state index contributed by atoms with van der Waals surface area (Å²) in [5.74, 6) is -0.0814. The number of allylic oxidation sites excluding steroid dienone is 3. The number of hydrogen-bond donors (Lipinski definition) is 2. The van der Waals surface area contributed by atoms with Crippen molar-refractivity contribution in [3.63, 3.8) is 0 Å². The van der Waals surface area contributed by atoms with E-state index in [1.807, 2.05) is 32.0 Å². The normalized spacial score (nSPS) is 18.4. The van der Waals surface area contributed by atoms with E-state index in [0.29, 0.717) is 5.92 Å². The number of carbonyl (C=O) groups excluding carboxylic acids is 2. The fourth-order valence-corrected chi connectivity index (χ4v) is 2.58. The Hall–Kier alpha value is -2.69. The number of para-hydroxylation sites is 1. The maximum Gasteiger partial charge on any atom is 0.240 e. The van der Waals surface area contributed by atoms with Crippen LogP contribution in [0.25, 0.3) is 0 Å². The number of amides is 2. The van der Waals surface area contributed by atoms with Crippen LogP contribution in [0.4, 0.5) is 5.69 Å². The predicted molar refractivity (Wildman–Crippen MR) is 101 cm³/mol. The van der Waals surface area contributed by atoms with E-state index in [4.69, 9.17) is 0 Å². The lowest BCUT2D eigenvalue weighted by Gasteiger charge is -2.22. The Morgan fingerprint density at radius 2 is 1.88 bits per heavy atom. The van der Waals surface area contributed by atoms with E-state index in [1.165, 1.54) is 0 Å². The highest BCUT2D eigenvalue weighted by molar-refractivity contribution is 6.01. The van der Waals surface area contributed by atoms with Gasteiger partial charge in [0.1, 0.15) is 0 Å². The van der Waals surface area contributed by atoms with Gasteiger partial charge in [0.2, 0.25) is 11.8 Å². The average molecular weight is 339 g/mol. The Balaban J connectivity index is 1.80. The smallest absolute Gasteiger partial charge is 0.240 e. The quantitative estimate of drug-likeness (QED) is 0.611. The molecule has 2 N–H and O–H groups in total. The minimum atomic E-state index is -0.263. The number of nitrogens with zero attached hydrogens (tertiary/aromatic N) is 1. The van der Waals surface area contributed by atoms with Crippen molar-refractivity contribution in [2.45, 2.75) is 39.5 Å². The predicted octanol–water partition coefficient (Wildman–Crippen LogP) is 3.81. The van der Waals surface area contributed by atoms with Gasteiger partial charge in [0.25, 0.3) is 0 Å².